The van der Waals surface area contributed by atoms with E-state index >= 15 is 0 Å². The number of halogens is 2. The highest BCUT2D eigenvalue weighted by Crippen LogP contribution is 2.17. The maximum absolute atomic E-state index is 13.5. The van der Waals surface area contributed by atoms with Gasteiger partial charge in [-0.25, -0.2) is 4.39 Å². The molecule has 1 rings (SSSR count). The van der Waals surface area contributed by atoms with Crippen molar-refractivity contribution in [2.75, 3.05) is 26.7 Å². The van der Waals surface area contributed by atoms with Crippen molar-refractivity contribution in [2.45, 2.75) is 19.0 Å². The Balaban J connectivity index is 2.53. The van der Waals surface area contributed by atoms with Crippen molar-refractivity contribution >= 4 is 11.6 Å². The first-order valence-electron chi connectivity index (χ1n) is 5.82. The van der Waals surface area contributed by atoms with Crippen molar-refractivity contribution < 1.29 is 13.9 Å². The van der Waals surface area contributed by atoms with Gasteiger partial charge in [-0.05, 0) is 24.1 Å². The third kappa shape index (κ3) is 4.80. The van der Waals surface area contributed by atoms with Gasteiger partial charge in [-0.15, -0.1) is 11.6 Å². The van der Waals surface area contributed by atoms with Crippen molar-refractivity contribution in [3.63, 3.8) is 0 Å². The fourth-order valence-corrected chi connectivity index (χ4v) is 1.92. The number of rotatable bonds is 8. The molecule has 102 valence electrons. The molecule has 1 N–H and O–H groups in total. The van der Waals surface area contributed by atoms with Crippen LogP contribution in [0.15, 0.2) is 18.2 Å². The lowest BCUT2D eigenvalue weighted by Gasteiger charge is -2.17. The van der Waals surface area contributed by atoms with Crippen LogP contribution >= 0.6 is 11.6 Å². The van der Waals surface area contributed by atoms with Gasteiger partial charge >= 0.3 is 0 Å². The average Bonchev–Trinajstić information content (AvgIpc) is 2.36. The van der Waals surface area contributed by atoms with E-state index in [2.05, 4.69) is 5.32 Å². The zero-order valence-corrected chi connectivity index (χ0v) is 11.5. The zero-order valence-electron chi connectivity index (χ0n) is 10.7. The molecular weight excluding hydrogens is 257 g/mol. The lowest BCUT2D eigenvalue weighted by molar-refractivity contribution is 0.164. The highest BCUT2D eigenvalue weighted by atomic mass is 35.5. The number of methoxy groups -OCH3 is 2. The van der Waals surface area contributed by atoms with Gasteiger partial charge in [0.1, 0.15) is 0 Å². The second-order valence-electron chi connectivity index (χ2n) is 3.98. The summed E-state index contributed by atoms with van der Waals surface area (Å²) in [6, 6.07) is 5.10. The van der Waals surface area contributed by atoms with E-state index < -0.39 is 0 Å². The quantitative estimate of drug-likeness (QED) is 0.740. The lowest BCUT2D eigenvalue weighted by atomic mass is 10.1. The van der Waals surface area contributed by atoms with E-state index in [9.17, 15) is 4.39 Å². The van der Waals surface area contributed by atoms with E-state index in [0.29, 0.717) is 19.0 Å². The van der Waals surface area contributed by atoms with Gasteiger partial charge in [0.15, 0.2) is 11.6 Å². The Kier molecular flexibility index (Phi) is 7.01. The molecule has 18 heavy (non-hydrogen) atoms. The molecule has 0 saturated heterocycles. The Bertz CT molecular complexity index is 357. The molecule has 0 aromatic heterocycles. The molecule has 1 atom stereocenters. The first-order chi connectivity index (χ1) is 8.71. The van der Waals surface area contributed by atoms with Gasteiger partial charge in [-0.3, -0.25) is 0 Å². The van der Waals surface area contributed by atoms with E-state index in [1.807, 2.05) is 6.07 Å². The molecule has 0 spiro atoms. The molecule has 0 radical (unpaired) electrons. The Morgan fingerprint density at radius 3 is 2.72 bits per heavy atom. The van der Waals surface area contributed by atoms with Crippen molar-refractivity contribution in [1.29, 1.82) is 0 Å². The van der Waals surface area contributed by atoms with Crippen LogP contribution in [0.2, 0.25) is 0 Å². The van der Waals surface area contributed by atoms with Crippen LogP contribution in [-0.2, 0) is 11.3 Å². The predicted molar refractivity (Wildman–Crippen MR) is 70.8 cm³/mol. The molecule has 0 fully saturated rings. The number of ether oxygens (including phenoxy) is 2. The van der Waals surface area contributed by atoms with E-state index in [1.54, 1.807) is 13.2 Å². The fraction of sp³-hybridized carbons (Fsp3) is 0.538. The monoisotopic (exact) mass is 275 g/mol. The summed E-state index contributed by atoms with van der Waals surface area (Å²) >= 11 is 5.71. The Hall–Kier alpha value is -0.840. The summed E-state index contributed by atoms with van der Waals surface area (Å²) in [7, 11) is 3.10. The number of nitrogens with one attached hydrogen (secondary N) is 1. The number of benzene rings is 1. The molecule has 3 nitrogen and oxygen atoms in total. The van der Waals surface area contributed by atoms with Gasteiger partial charge in [0.25, 0.3) is 0 Å². The van der Waals surface area contributed by atoms with Crippen LogP contribution in [0.25, 0.3) is 0 Å². The van der Waals surface area contributed by atoms with Gasteiger partial charge in [0.2, 0.25) is 0 Å². The Labute approximate surface area is 112 Å². The maximum Gasteiger partial charge on any atom is 0.165 e. The fourth-order valence-electron chi connectivity index (χ4n) is 1.66. The SMILES string of the molecule is COCC(CCCl)NCc1ccc(OC)c(F)c1. The molecule has 1 unspecified atom stereocenters. The molecule has 1 aromatic rings. The normalized spacial score (nSPS) is 12.4. The number of hydrogen-bond donors (Lipinski definition) is 1. The largest absolute Gasteiger partial charge is 0.494 e. The van der Waals surface area contributed by atoms with Gasteiger partial charge in [-0.2, -0.15) is 0 Å². The van der Waals surface area contributed by atoms with Crippen LogP contribution < -0.4 is 10.1 Å². The molecule has 0 bridgehead atoms. The lowest BCUT2D eigenvalue weighted by Crippen LogP contribution is -2.33. The molecule has 0 aliphatic carbocycles. The van der Waals surface area contributed by atoms with Gasteiger partial charge in [-0.1, -0.05) is 6.07 Å². The Morgan fingerprint density at radius 2 is 2.17 bits per heavy atom. The molecule has 0 heterocycles. The van der Waals surface area contributed by atoms with Crippen LogP contribution in [-0.4, -0.2) is 32.7 Å². The molecule has 0 amide bonds. The molecule has 5 heteroatoms. The topological polar surface area (TPSA) is 30.5 Å². The van der Waals surface area contributed by atoms with Crippen molar-refractivity contribution in [2.24, 2.45) is 0 Å². The summed E-state index contributed by atoms with van der Waals surface area (Å²) in [5.74, 6) is 0.475. The highest BCUT2D eigenvalue weighted by molar-refractivity contribution is 6.17. The van der Waals surface area contributed by atoms with Crippen LogP contribution in [0.4, 0.5) is 4.39 Å². The smallest absolute Gasteiger partial charge is 0.165 e. The molecule has 1 aromatic carbocycles. The van der Waals surface area contributed by atoms with Gasteiger partial charge < -0.3 is 14.8 Å². The zero-order chi connectivity index (χ0) is 13.4. The summed E-state index contributed by atoms with van der Waals surface area (Å²) < 4.78 is 23.4. The summed E-state index contributed by atoms with van der Waals surface area (Å²) in [4.78, 5) is 0. The minimum Gasteiger partial charge on any atom is -0.494 e. The summed E-state index contributed by atoms with van der Waals surface area (Å²) in [6.45, 7) is 1.16. The van der Waals surface area contributed by atoms with E-state index in [1.165, 1.54) is 13.2 Å². The predicted octanol–water partition coefficient (Wildman–Crippen LogP) is 2.57. The van der Waals surface area contributed by atoms with E-state index in [-0.39, 0.29) is 17.6 Å². The standard InChI is InChI=1S/C13H19ClFNO2/c1-17-9-11(5-6-14)16-8-10-3-4-13(18-2)12(15)7-10/h3-4,7,11,16H,5-6,8-9H2,1-2H3. The average molecular weight is 276 g/mol. The summed E-state index contributed by atoms with van der Waals surface area (Å²) in [6.07, 6.45) is 0.814. The maximum atomic E-state index is 13.5. The van der Waals surface area contributed by atoms with Gasteiger partial charge in [0, 0.05) is 25.6 Å². The third-order valence-electron chi connectivity index (χ3n) is 2.64. The molecule has 0 aliphatic heterocycles. The van der Waals surface area contributed by atoms with Crippen molar-refractivity contribution in [3.8, 4) is 5.75 Å². The first kappa shape index (κ1) is 15.2. The summed E-state index contributed by atoms with van der Waals surface area (Å²) in [5, 5.41) is 3.29. The van der Waals surface area contributed by atoms with Crippen LogP contribution in [0.3, 0.4) is 0 Å². The third-order valence-corrected chi connectivity index (χ3v) is 2.85. The molecule has 0 saturated carbocycles. The number of hydrogen-bond acceptors (Lipinski definition) is 3. The molecule has 0 aliphatic rings. The van der Waals surface area contributed by atoms with Gasteiger partial charge in [0.05, 0.1) is 13.7 Å². The van der Waals surface area contributed by atoms with Crippen molar-refractivity contribution in [3.05, 3.63) is 29.6 Å². The highest BCUT2D eigenvalue weighted by Gasteiger charge is 2.08. The summed E-state index contributed by atoms with van der Waals surface area (Å²) in [5.41, 5.74) is 0.865. The minimum atomic E-state index is -0.350. The van der Waals surface area contributed by atoms with Crippen LogP contribution in [0.1, 0.15) is 12.0 Å². The number of alkyl halides is 1. The van der Waals surface area contributed by atoms with E-state index in [0.717, 1.165) is 12.0 Å². The minimum absolute atomic E-state index is 0.178. The van der Waals surface area contributed by atoms with Crippen molar-refractivity contribution in [1.82, 2.24) is 5.32 Å². The Morgan fingerprint density at radius 1 is 1.39 bits per heavy atom. The second kappa shape index (κ2) is 8.29. The van der Waals surface area contributed by atoms with E-state index in [4.69, 9.17) is 21.1 Å². The van der Waals surface area contributed by atoms with Crippen LogP contribution in [0, 0.1) is 5.82 Å². The first-order valence-corrected chi connectivity index (χ1v) is 6.35. The second-order valence-corrected chi connectivity index (χ2v) is 4.36. The molecular formula is C13H19ClFNO2. The van der Waals surface area contributed by atoms with Crippen LogP contribution in [0.5, 0.6) is 5.75 Å².